The van der Waals surface area contributed by atoms with Gasteiger partial charge in [-0.1, -0.05) is 121 Å². The predicted molar refractivity (Wildman–Crippen MR) is 133 cm³/mol. The van der Waals surface area contributed by atoms with Gasteiger partial charge in [0, 0.05) is 0 Å². The standard InChI is InChI=1S/C31H30O/c1-30(27-19-11-5-12-20-27,23-25-15-7-3-8-16-25)29(32)31(2,28-21-13-6-14-22-28)24-26-17-9-4-10-18-26/h3-22H,23-24H2,1-2H3. The van der Waals surface area contributed by atoms with E-state index in [1.165, 1.54) is 11.1 Å². The van der Waals surface area contributed by atoms with E-state index in [2.05, 4.69) is 62.4 Å². The fourth-order valence-electron chi connectivity index (χ4n) is 4.86. The zero-order valence-corrected chi connectivity index (χ0v) is 18.9. The second kappa shape index (κ2) is 9.36. The summed E-state index contributed by atoms with van der Waals surface area (Å²) in [4.78, 5) is 14.7. The Balaban J connectivity index is 1.84. The van der Waals surface area contributed by atoms with Crippen LogP contribution in [0.4, 0.5) is 0 Å². The average molecular weight is 419 g/mol. The van der Waals surface area contributed by atoms with Crippen molar-refractivity contribution in [3.05, 3.63) is 144 Å². The molecule has 0 aliphatic rings. The molecule has 4 aromatic carbocycles. The first-order valence-electron chi connectivity index (χ1n) is 11.3. The molecule has 0 bridgehead atoms. The average Bonchev–Trinajstić information content (AvgIpc) is 2.86. The van der Waals surface area contributed by atoms with Crippen LogP contribution in [0.15, 0.2) is 121 Å². The Labute approximate surface area is 191 Å². The fourth-order valence-corrected chi connectivity index (χ4v) is 4.86. The molecule has 0 aliphatic heterocycles. The molecule has 0 heterocycles. The molecule has 4 rings (SSSR count). The van der Waals surface area contributed by atoms with Gasteiger partial charge in [0.05, 0.1) is 10.8 Å². The summed E-state index contributed by atoms with van der Waals surface area (Å²) in [5, 5.41) is 0. The Bertz CT molecular complexity index is 1040. The van der Waals surface area contributed by atoms with Crippen molar-refractivity contribution in [1.29, 1.82) is 0 Å². The number of benzene rings is 4. The summed E-state index contributed by atoms with van der Waals surface area (Å²) < 4.78 is 0. The van der Waals surface area contributed by atoms with Crippen molar-refractivity contribution in [2.45, 2.75) is 37.5 Å². The highest BCUT2D eigenvalue weighted by molar-refractivity contribution is 5.99. The van der Waals surface area contributed by atoms with Gasteiger partial charge in [-0.15, -0.1) is 0 Å². The number of Topliss-reactive ketones (excluding diaryl/α,β-unsaturated/α-hetero) is 1. The summed E-state index contributed by atoms with van der Waals surface area (Å²) in [6.07, 6.45) is 1.32. The molecule has 0 amide bonds. The molecule has 4 aromatic rings. The van der Waals surface area contributed by atoms with Gasteiger partial charge < -0.3 is 0 Å². The molecule has 160 valence electrons. The van der Waals surface area contributed by atoms with Crippen LogP contribution in [0, 0.1) is 0 Å². The Kier molecular flexibility index (Phi) is 6.37. The third-order valence-corrected chi connectivity index (χ3v) is 6.63. The van der Waals surface area contributed by atoms with E-state index in [1.54, 1.807) is 0 Å². The molecule has 1 nitrogen and oxygen atoms in total. The second-order valence-electron chi connectivity index (χ2n) is 9.05. The van der Waals surface area contributed by atoms with Gasteiger partial charge in [0.15, 0.2) is 5.78 Å². The molecule has 0 saturated carbocycles. The summed E-state index contributed by atoms with van der Waals surface area (Å²) in [5.74, 6) is 0.245. The first kappa shape index (κ1) is 21.8. The quantitative estimate of drug-likeness (QED) is 0.302. The highest BCUT2D eigenvalue weighted by Crippen LogP contribution is 2.40. The van der Waals surface area contributed by atoms with Crippen LogP contribution in [0.2, 0.25) is 0 Å². The van der Waals surface area contributed by atoms with Gasteiger partial charge in [0.1, 0.15) is 0 Å². The molecule has 1 heteroatoms. The molecule has 32 heavy (non-hydrogen) atoms. The van der Waals surface area contributed by atoms with Gasteiger partial charge in [0.2, 0.25) is 0 Å². The Morgan fingerprint density at radius 2 is 0.781 bits per heavy atom. The first-order valence-corrected chi connectivity index (χ1v) is 11.3. The minimum atomic E-state index is -0.665. The molecule has 2 atom stereocenters. The Morgan fingerprint density at radius 3 is 1.09 bits per heavy atom. The van der Waals surface area contributed by atoms with Crippen LogP contribution in [0.3, 0.4) is 0 Å². The van der Waals surface area contributed by atoms with Gasteiger partial charge in [-0.25, -0.2) is 0 Å². The van der Waals surface area contributed by atoms with Crippen molar-refractivity contribution >= 4 is 5.78 Å². The molecule has 0 aromatic heterocycles. The SMILES string of the molecule is CC(Cc1ccccc1)(C(=O)C(C)(Cc1ccccc1)c1ccccc1)c1ccccc1. The number of hydrogen-bond acceptors (Lipinski definition) is 1. The number of hydrogen-bond donors (Lipinski definition) is 0. The van der Waals surface area contributed by atoms with E-state index in [1.807, 2.05) is 72.8 Å². The fraction of sp³-hybridized carbons (Fsp3) is 0.194. The largest absolute Gasteiger partial charge is 0.298 e. The molecule has 0 fully saturated rings. The molecule has 2 unspecified atom stereocenters. The lowest BCUT2D eigenvalue weighted by Gasteiger charge is -2.39. The van der Waals surface area contributed by atoms with Crippen LogP contribution in [0.1, 0.15) is 36.1 Å². The lowest BCUT2D eigenvalue weighted by Crippen LogP contribution is -2.48. The zero-order valence-electron chi connectivity index (χ0n) is 18.9. The van der Waals surface area contributed by atoms with E-state index in [9.17, 15) is 4.79 Å². The van der Waals surface area contributed by atoms with Gasteiger partial charge in [-0.2, -0.15) is 0 Å². The number of rotatable bonds is 8. The topological polar surface area (TPSA) is 17.1 Å². The van der Waals surface area contributed by atoms with E-state index < -0.39 is 10.8 Å². The lowest BCUT2D eigenvalue weighted by atomic mass is 9.61. The number of carbonyl (C=O) groups is 1. The van der Waals surface area contributed by atoms with Crippen LogP contribution < -0.4 is 0 Å². The molecule has 0 radical (unpaired) electrons. The van der Waals surface area contributed by atoms with Crippen molar-refractivity contribution in [2.24, 2.45) is 0 Å². The maximum atomic E-state index is 14.7. The maximum Gasteiger partial charge on any atom is 0.153 e. The first-order chi connectivity index (χ1) is 15.5. The zero-order chi connectivity index (χ0) is 22.4. The Hall–Kier alpha value is -3.45. The normalized spacial score (nSPS) is 14.8. The molecule has 0 saturated heterocycles. The van der Waals surface area contributed by atoms with E-state index in [0.29, 0.717) is 12.8 Å². The molecular formula is C31H30O. The number of ketones is 1. The van der Waals surface area contributed by atoms with E-state index >= 15 is 0 Å². The number of carbonyl (C=O) groups excluding carboxylic acids is 1. The minimum Gasteiger partial charge on any atom is -0.298 e. The van der Waals surface area contributed by atoms with E-state index in [-0.39, 0.29) is 5.78 Å². The van der Waals surface area contributed by atoms with Gasteiger partial charge in [-0.05, 0) is 48.9 Å². The van der Waals surface area contributed by atoms with E-state index in [4.69, 9.17) is 0 Å². The Morgan fingerprint density at radius 1 is 0.500 bits per heavy atom. The van der Waals surface area contributed by atoms with Crippen LogP contribution in [0.25, 0.3) is 0 Å². The smallest absolute Gasteiger partial charge is 0.153 e. The van der Waals surface area contributed by atoms with Gasteiger partial charge in [0.25, 0.3) is 0 Å². The van der Waals surface area contributed by atoms with Crippen molar-refractivity contribution in [1.82, 2.24) is 0 Å². The van der Waals surface area contributed by atoms with E-state index in [0.717, 1.165) is 11.1 Å². The summed E-state index contributed by atoms with van der Waals surface area (Å²) in [7, 11) is 0. The highest BCUT2D eigenvalue weighted by atomic mass is 16.1. The third-order valence-electron chi connectivity index (χ3n) is 6.63. The maximum absolute atomic E-state index is 14.7. The summed E-state index contributed by atoms with van der Waals surface area (Å²) >= 11 is 0. The van der Waals surface area contributed by atoms with Gasteiger partial charge >= 0.3 is 0 Å². The third kappa shape index (κ3) is 4.43. The predicted octanol–water partition coefficient (Wildman–Crippen LogP) is 6.96. The molecule has 0 spiro atoms. The second-order valence-corrected chi connectivity index (χ2v) is 9.05. The molecule has 0 N–H and O–H groups in total. The van der Waals surface area contributed by atoms with Crippen LogP contribution in [-0.4, -0.2) is 5.78 Å². The van der Waals surface area contributed by atoms with Crippen molar-refractivity contribution in [3.63, 3.8) is 0 Å². The highest BCUT2D eigenvalue weighted by Gasteiger charge is 2.46. The monoisotopic (exact) mass is 418 g/mol. The minimum absolute atomic E-state index is 0.245. The van der Waals surface area contributed by atoms with Crippen LogP contribution in [0.5, 0.6) is 0 Å². The summed E-state index contributed by atoms with van der Waals surface area (Å²) in [6.45, 7) is 4.23. The molecular weight excluding hydrogens is 388 g/mol. The van der Waals surface area contributed by atoms with Crippen LogP contribution >= 0.6 is 0 Å². The summed E-state index contributed by atoms with van der Waals surface area (Å²) in [5.41, 5.74) is 3.13. The van der Waals surface area contributed by atoms with Crippen molar-refractivity contribution in [2.75, 3.05) is 0 Å². The van der Waals surface area contributed by atoms with Crippen molar-refractivity contribution in [3.8, 4) is 0 Å². The lowest BCUT2D eigenvalue weighted by molar-refractivity contribution is -0.129. The molecule has 0 aliphatic carbocycles. The van der Waals surface area contributed by atoms with Crippen molar-refractivity contribution < 1.29 is 4.79 Å². The van der Waals surface area contributed by atoms with Crippen LogP contribution in [-0.2, 0) is 28.5 Å². The summed E-state index contributed by atoms with van der Waals surface area (Å²) in [6, 6.07) is 41.2. The van der Waals surface area contributed by atoms with Gasteiger partial charge in [-0.3, -0.25) is 4.79 Å².